The normalized spacial score (nSPS) is 10.9. The maximum Gasteiger partial charge on any atom is 0.338 e. The Bertz CT molecular complexity index is 1030. The van der Waals surface area contributed by atoms with Crippen LogP contribution in [0.25, 0.3) is 0 Å². The van der Waals surface area contributed by atoms with Crippen LogP contribution in [0.2, 0.25) is 0 Å². The van der Waals surface area contributed by atoms with Gasteiger partial charge in [-0.05, 0) is 55.3 Å². The predicted octanol–water partition coefficient (Wildman–Crippen LogP) is 2.47. The molecule has 2 aromatic carbocycles. The van der Waals surface area contributed by atoms with Crippen molar-refractivity contribution < 1.29 is 32.2 Å². The second-order valence-corrected chi connectivity index (χ2v) is 8.02. The van der Waals surface area contributed by atoms with Crippen LogP contribution in [-0.2, 0) is 24.3 Å². The van der Waals surface area contributed by atoms with E-state index in [1.165, 1.54) is 57.7 Å². The van der Waals surface area contributed by atoms with Crippen molar-refractivity contribution in [2.45, 2.75) is 18.7 Å². The maximum atomic E-state index is 13.4. The van der Waals surface area contributed by atoms with Crippen LogP contribution < -0.4 is 9.04 Å². The summed E-state index contributed by atoms with van der Waals surface area (Å²) in [6.07, 6.45) is 0. The Morgan fingerprint density at radius 1 is 1.00 bits per heavy atom. The van der Waals surface area contributed by atoms with E-state index < -0.39 is 28.5 Å². The molecule has 2 rings (SSSR count). The fraction of sp³-hybridized carbons (Fsp3) is 0.300. The molecule has 0 aliphatic rings. The van der Waals surface area contributed by atoms with Gasteiger partial charge < -0.3 is 14.2 Å². The molecule has 0 aliphatic carbocycles. The van der Waals surface area contributed by atoms with Crippen molar-refractivity contribution in [2.75, 3.05) is 32.2 Å². The lowest BCUT2D eigenvalue weighted by molar-refractivity contribution is -0.138. The van der Waals surface area contributed by atoms with Gasteiger partial charge in [-0.15, -0.1) is 0 Å². The van der Waals surface area contributed by atoms with Gasteiger partial charge in [-0.2, -0.15) is 0 Å². The van der Waals surface area contributed by atoms with Crippen LogP contribution in [-0.4, -0.2) is 48.2 Å². The lowest BCUT2D eigenvalue weighted by Crippen LogP contribution is -2.37. The Balaban J connectivity index is 2.67. The van der Waals surface area contributed by atoms with Gasteiger partial charge in [0.1, 0.15) is 12.3 Å². The van der Waals surface area contributed by atoms with E-state index in [1.54, 1.807) is 13.8 Å². The number of sulfonamides is 1. The summed E-state index contributed by atoms with van der Waals surface area (Å²) in [6, 6.07) is 8.94. The minimum Gasteiger partial charge on any atom is -0.496 e. The van der Waals surface area contributed by atoms with Crippen molar-refractivity contribution in [1.82, 2.24) is 0 Å². The van der Waals surface area contributed by atoms with E-state index in [9.17, 15) is 18.0 Å². The lowest BCUT2D eigenvalue weighted by Gasteiger charge is -2.26. The number of carbonyl (C=O) groups excluding carboxylic acids is 2. The molecule has 0 spiro atoms. The maximum absolute atomic E-state index is 13.4. The van der Waals surface area contributed by atoms with Gasteiger partial charge in [-0.3, -0.25) is 9.10 Å². The first-order valence-corrected chi connectivity index (χ1v) is 10.0. The molecule has 0 saturated heterocycles. The first-order valence-electron chi connectivity index (χ1n) is 8.59. The summed E-state index contributed by atoms with van der Waals surface area (Å²) in [4.78, 5) is 24.0. The number of anilines is 1. The minimum atomic E-state index is -4.15. The molecule has 0 unspecified atom stereocenters. The number of hydrogen-bond donors (Lipinski definition) is 0. The molecule has 156 valence electrons. The number of carbonyl (C=O) groups is 2. The molecule has 0 saturated carbocycles. The quantitative estimate of drug-likeness (QED) is 0.633. The van der Waals surface area contributed by atoms with E-state index in [0.29, 0.717) is 16.9 Å². The Hall–Kier alpha value is -3.07. The fourth-order valence-corrected chi connectivity index (χ4v) is 4.40. The number of hydrogen-bond acceptors (Lipinski definition) is 7. The first-order chi connectivity index (χ1) is 13.7. The number of aryl methyl sites for hydroxylation is 1. The van der Waals surface area contributed by atoms with Gasteiger partial charge in [-0.25, -0.2) is 13.2 Å². The summed E-state index contributed by atoms with van der Waals surface area (Å²) >= 11 is 0. The van der Waals surface area contributed by atoms with Gasteiger partial charge >= 0.3 is 11.9 Å². The van der Waals surface area contributed by atoms with Crippen LogP contribution in [0.5, 0.6) is 5.75 Å². The van der Waals surface area contributed by atoms with Gasteiger partial charge in [0, 0.05) is 0 Å². The summed E-state index contributed by atoms with van der Waals surface area (Å²) in [5.41, 5.74) is 1.34. The summed E-state index contributed by atoms with van der Waals surface area (Å²) in [5, 5.41) is 0. The third kappa shape index (κ3) is 4.51. The van der Waals surface area contributed by atoms with E-state index in [0.717, 1.165) is 4.31 Å². The van der Waals surface area contributed by atoms with E-state index >= 15 is 0 Å². The number of esters is 2. The van der Waals surface area contributed by atoms with Gasteiger partial charge in [-0.1, -0.05) is 6.07 Å². The van der Waals surface area contributed by atoms with Gasteiger partial charge in [0.05, 0.1) is 37.5 Å². The highest BCUT2D eigenvalue weighted by Gasteiger charge is 2.30. The third-order valence-corrected chi connectivity index (χ3v) is 6.19. The van der Waals surface area contributed by atoms with Gasteiger partial charge in [0.15, 0.2) is 0 Å². The van der Waals surface area contributed by atoms with Crippen molar-refractivity contribution in [1.29, 1.82) is 0 Å². The third-order valence-electron chi connectivity index (χ3n) is 4.43. The number of ether oxygens (including phenoxy) is 3. The number of benzene rings is 2. The minimum absolute atomic E-state index is 0.0254. The molecule has 0 atom stereocenters. The number of nitrogens with zero attached hydrogens (tertiary/aromatic N) is 1. The summed E-state index contributed by atoms with van der Waals surface area (Å²) in [5.74, 6) is -0.825. The van der Waals surface area contributed by atoms with E-state index in [1.807, 2.05) is 0 Å². The van der Waals surface area contributed by atoms with Crippen molar-refractivity contribution in [2.24, 2.45) is 0 Å². The Morgan fingerprint density at radius 3 is 2.24 bits per heavy atom. The molecule has 0 fully saturated rings. The smallest absolute Gasteiger partial charge is 0.338 e. The standard InChI is InChI=1S/C20H23NO7S/c1-13-11-15(9-10-18(13)26-3)29(24,25)21(12-19(22)27-4)17-8-6-7-16(14(17)2)20(23)28-5/h6-11H,12H2,1-5H3. The largest absolute Gasteiger partial charge is 0.496 e. The highest BCUT2D eigenvalue weighted by atomic mass is 32.2. The molecule has 9 heteroatoms. The summed E-state index contributed by atoms with van der Waals surface area (Å²) < 4.78 is 42.3. The van der Waals surface area contributed by atoms with Crippen molar-refractivity contribution >= 4 is 27.6 Å². The molecule has 8 nitrogen and oxygen atoms in total. The van der Waals surface area contributed by atoms with Crippen molar-refractivity contribution in [3.05, 3.63) is 53.1 Å². The van der Waals surface area contributed by atoms with Crippen molar-refractivity contribution in [3.8, 4) is 5.75 Å². The SMILES string of the molecule is COC(=O)CN(c1cccc(C(=O)OC)c1C)S(=O)(=O)c1ccc(OC)c(C)c1. The van der Waals surface area contributed by atoms with Crippen molar-refractivity contribution in [3.63, 3.8) is 0 Å². The molecule has 0 aromatic heterocycles. The van der Waals surface area contributed by atoms with Crippen LogP contribution in [0.1, 0.15) is 21.5 Å². The van der Waals surface area contributed by atoms with Crippen LogP contribution in [0.3, 0.4) is 0 Å². The van der Waals surface area contributed by atoms with Gasteiger partial charge in [0.2, 0.25) is 0 Å². The molecule has 2 aromatic rings. The summed E-state index contributed by atoms with van der Waals surface area (Å²) in [6.45, 7) is 2.74. The van der Waals surface area contributed by atoms with Crippen LogP contribution in [0.15, 0.2) is 41.3 Å². The average Bonchev–Trinajstić information content (AvgIpc) is 2.71. The lowest BCUT2D eigenvalue weighted by atomic mass is 10.1. The summed E-state index contributed by atoms with van der Waals surface area (Å²) in [7, 11) is -0.263. The van der Waals surface area contributed by atoms with E-state index in [2.05, 4.69) is 4.74 Å². The van der Waals surface area contributed by atoms with Crippen LogP contribution >= 0.6 is 0 Å². The second-order valence-electron chi connectivity index (χ2n) is 6.16. The number of rotatable bonds is 7. The zero-order valence-electron chi connectivity index (χ0n) is 16.9. The Kier molecular flexibility index (Phi) is 6.86. The zero-order chi connectivity index (χ0) is 21.8. The average molecular weight is 421 g/mol. The molecule has 0 heterocycles. The topological polar surface area (TPSA) is 99.2 Å². The molecule has 29 heavy (non-hydrogen) atoms. The second kappa shape index (κ2) is 8.95. The fourth-order valence-electron chi connectivity index (χ4n) is 2.84. The predicted molar refractivity (Wildman–Crippen MR) is 107 cm³/mol. The molecule has 0 bridgehead atoms. The van der Waals surface area contributed by atoms with E-state index in [-0.39, 0.29) is 16.1 Å². The van der Waals surface area contributed by atoms with Gasteiger partial charge in [0.25, 0.3) is 10.0 Å². The molecule has 0 radical (unpaired) electrons. The molecule has 0 amide bonds. The monoisotopic (exact) mass is 421 g/mol. The zero-order valence-corrected chi connectivity index (χ0v) is 17.7. The highest BCUT2D eigenvalue weighted by Crippen LogP contribution is 2.31. The Morgan fingerprint density at radius 2 is 1.69 bits per heavy atom. The van der Waals surface area contributed by atoms with Crippen LogP contribution in [0, 0.1) is 13.8 Å². The van der Waals surface area contributed by atoms with Crippen LogP contribution in [0.4, 0.5) is 5.69 Å². The molecule has 0 aliphatic heterocycles. The molecule has 0 N–H and O–H groups in total. The van der Waals surface area contributed by atoms with E-state index in [4.69, 9.17) is 9.47 Å². The molecular formula is C20H23NO7S. The highest BCUT2D eigenvalue weighted by molar-refractivity contribution is 7.92. The number of methoxy groups -OCH3 is 3. The first kappa shape index (κ1) is 22.2. The Labute approximate surface area is 170 Å². The molecular weight excluding hydrogens is 398 g/mol.